The molecule has 0 bridgehead atoms. The molecule has 0 aromatic carbocycles. The highest BCUT2D eigenvalue weighted by atomic mass is 16.5. The van der Waals surface area contributed by atoms with Crippen molar-refractivity contribution in [1.29, 1.82) is 0 Å². The smallest absolute Gasteiger partial charge is 0.333 e. The molecule has 0 aliphatic heterocycles. The van der Waals surface area contributed by atoms with Crippen LogP contribution >= 0.6 is 0 Å². The van der Waals surface area contributed by atoms with Crippen LogP contribution in [0, 0.1) is 5.92 Å². The maximum absolute atomic E-state index is 11.4. The maximum Gasteiger partial charge on any atom is 0.333 e. The van der Waals surface area contributed by atoms with Crippen LogP contribution in [0.1, 0.15) is 85.5 Å². The Morgan fingerprint density at radius 3 is 2.25 bits per heavy atom. The number of carbonyl (C=O) groups excluding carboxylic acids is 1. The van der Waals surface area contributed by atoms with Gasteiger partial charge in [0.15, 0.2) is 0 Å². The van der Waals surface area contributed by atoms with E-state index < -0.39 is 0 Å². The molecular formula is C18H34O2. The van der Waals surface area contributed by atoms with Gasteiger partial charge in [0.05, 0.1) is 6.10 Å². The van der Waals surface area contributed by atoms with Gasteiger partial charge in [-0.1, -0.05) is 65.4 Å². The minimum Gasteiger partial charge on any atom is -0.459 e. The Balaban J connectivity index is 3.77. The monoisotopic (exact) mass is 282 g/mol. The molecule has 2 unspecified atom stereocenters. The molecule has 2 atom stereocenters. The molecule has 0 aliphatic carbocycles. The largest absolute Gasteiger partial charge is 0.459 e. The van der Waals surface area contributed by atoms with Crippen molar-refractivity contribution in [2.45, 2.75) is 91.6 Å². The molecule has 0 heterocycles. The molecule has 0 spiro atoms. The first kappa shape index (κ1) is 19.2. The summed E-state index contributed by atoms with van der Waals surface area (Å²) in [6, 6.07) is 0. The SMILES string of the molecule is C=C(C)C(=O)OC(C)CCC(CC)CCCCCCC. The summed E-state index contributed by atoms with van der Waals surface area (Å²) in [5.74, 6) is 0.521. The van der Waals surface area contributed by atoms with E-state index in [4.69, 9.17) is 4.74 Å². The minimum atomic E-state index is -0.259. The first-order valence-corrected chi connectivity index (χ1v) is 8.37. The van der Waals surface area contributed by atoms with Crippen molar-refractivity contribution in [2.75, 3.05) is 0 Å². The molecule has 0 aromatic rings. The van der Waals surface area contributed by atoms with Crippen LogP contribution in [-0.2, 0) is 9.53 Å². The third-order valence-corrected chi connectivity index (χ3v) is 3.93. The van der Waals surface area contributed by atoms with Gasteiger partial charge in [0.25, 0.3) is 0 Å². The first-order valence-electron chi connectivity index (χ1n) is 8.37. The lowest BCUT2D eigenvalue weighted by Gasteiger charge is -2.18. The molecule has 0 aromatic heterocycles. The van der Waals surface area contributed by atoms with Gasteiger partial charge in [-0.15, -0.1) is 0 Å². The van der Waals surface area contributed by atoms with Crippen LogP contribution < -0.4 is 0 Å². The van der Waals surface area contributed by atoms with Crippen LogP contribution in [0.3, 0.4) is 0 Å². The normalized spacial score (nSPS) is 13.8. The van der Waals surface area contributed by atoms with Crippen molar-refractivity contribution >= 4 is 5.97 Å². The highest BCUT2D eigenvalue weighted by Gasteiger charge is 2.13. The molecule has 0 fully saturated rings. The Hall–Kier alpha value is -0.790. The van der Waals surface area contributed by atoms with E-state index >= 15 is 0 Å². The quantitative estimate of drug-likeness (QED) is 0.262. The van der Waals surface area contributed by atoms with Crippen molar-refractivity contribution in [1.82, 2.24) is 0 Å². The molecule has 118 valence electrons. The number of rotatable bonds is 12. The summed E-state index contributed by atoms with van der Waals surface area (Å²) in [5, 5.41) is 0. The lowest BCUT2D eigenvalue weighted by atomic mass is 9.92. The van der Waals surface area contributed by atoms with E-state index in [0.29, 0.717) is 5.57 Å². The average Bonchev–Trinajstić information content (AvgIpc) is 2.41. The Labute approximate surface area is 126 Å². The van der Waals surface area contributed by atoms with Crippen molar-refractivity contribution in [3.8, 4) is 0 Å². The van der Waals surface area contributed by atoms with Gasteiger partial charge < -0.3 is 4.74 Å². The highest BCUT2D eigenvalue weighted by Crippen LogP contribution is 2.21. The van der Waals surface area contributed by atoms with E-state index in [1.165, 1.54) is 44.9 Å². The van der Waals surface area contributed by atoms with Gasteiger partial charge in [-0.3, -0.25) is 0 Å². The standard InChI is InChI=1S/C18H34O2/c1-6-8-9-10-11-12-17(7-2)14-13-16(5)20-18(19)15(3)4/h16-17H,3,6-14H2,1-2,4-5H3. The Morgan fingerprint density at radius 2 is 1.70 bits per heavy atom. The van der Waals surface area contributed by atoms with Crippen LogP contribution in [0.4, 0.5) is 0 Å². The summed E-state index contributed by atoms with van der Waals surface area (Å²) < 4.78 is 5.33. The minimum absolute atomic E-state index is 0.00772. The van der Waals surface area contributed by atoms with Gasteiger partial charge in [-0.25, -0.2) is 4.79 Å². The fraction of sp³-hybridized carbons (Fsp3) is 0.833. The predicted molar refractivity (Wildman–Crippen MR) is 86.8 cm³/mol. The van der Waals surface area contributed by atoms with Crippen molar-refractivity contribution in [2.24, 2.45) is 5.92 Å². The zero-order chi connectivity index (χ0) is 15.4. The van der Waals surface area contributed by atoms with Gasteiger partial charge in [0.2, 0.25) is 0 Å². The molecule has 0 saturated heterocycles. The molecule has 0 rings (SSSR count). The highest BCUT2D eigenvalue weighted by molar-refractivity contribution is 5.87. The molecule has 0 amide bonds. The molecule has 0 aliphatic rings. The Kier molecular flexibility index (Phi) is 11.5. The number of hydrogen-bond donors (Lipinski definition) is 0. The summed E-state index contributed by atoms with van der Waals surface area (Å²) >= 11 is 0. The van der Waals surface area contributed by atoms with Crippen LogP contribution in [0.25, 0.3) is 0 Å². The fourth-order valence-corrected chi connectivity index (χ4v) is 2.40. The van der Waals surface area contributed by atoms with Gasteiger partial charge in [0.1, 0.15) is 0 Å². The third-order valence-electron chi connectivity index (χ3n) is 3.93. The van der Waals surface area contributed by atoms with E-state index in [2.05, 4.69) is 20.4 Å². The predicted octanol–water partition coefficient (Wildman–Crippen LogP) is 5.66. The van der Waals surface area contributed by atoms with E-state index in [9.17, 15) is 4.79 Å². The average molecular weight is 282 g/mol. The maximum atomic E-state index is 11.4. The fourth-order valence-electron chi connectivity index (χ4n) is 2.40. The summed E-state index contributed by atoms with van der Waals surface area (Å²) in [6.07, 6.45) is 11.4. The lowest BCUT2D eigenvalue weighted by Crippen LogP contribution is -2.16. The van der Waals surface area contributed by atoms with Gasteiger partial charge in [-0.2, -0.15) is 0 Å². The number of carbonyl (C=O) groups is 1. The van der Waals surface area contributed by atoms with E-state index in [1.807, 2.05) is 6.92 Å². The van der Waals surface area contributed by atoms with E-state index in [0.717, 1.165) is 18.8 Å². The number of ether oxygens (including phenoxy) is 1. The number of unbranched alkanes of at least 4 members (excludes halogenated alkanes) is 4. The zero-order valence-corrected chi connectivity index (χ0v) is 14.0. The van der Waals surface area contributed by atoms with Crippen molar-refractivity contribution < 1.29 is 9.53 Å². The summed E-state index contributed by atoms with van der Waals surface area (Å²) in [7, 11) is 0. The number of esters is 1. The second-order valence-corrected chi connectivity index (χ2v) is 6.05. The topological polar surface area (TPSA) is 26.3 Å². The molecule has 0 radical (unpaired) electrons. The van der Waals surface area contributed by atoms with Gasteiger partial charge in [-0.05, 0) is 32.6 Å². The molecule has 2 nitrogen and oxygen atoms in total. The Bertz CT molecular complexity index is 271. The third kappa shape index (κ3) is 10.1. The van der Waals surface area contributed by atoms with Crippen LogP contribution in [0.2, 0.25) is 0 Å². The summed E-state index contributed by atoms with van der Waals surface area (Å²) in [6.45, 7) is 11.8. The second-order valence-electron chi connectivity index (χ2n) is 6.05. The van der Waals surface area contributed by atoms with Crippen LogP contribution in [0.15, 0.2) is 12.2 Å². The summed E-state index contributed by atoms with van der Waals surface area (Å²) in [5.41, 5.74) is 0.486. The molecule has 0 saturated carbocycles. The second kappa shape index (κ2) is 12.0. The molecule has 2 heteroatoms. The Morgan fingerprint density at radius 1 is 1.05 bits per heavy atom. The van der Waals surface area contributed by atoms with Crippen molar-refractivity contribution in [3.05, 3.63) is 12.2 Å². The lowest BCUT2D eigenvalue weighted by molar-refractivity contribution is -0.143. The van der Waals surface area contributed by atoms with Crippen LogP contribution in [-0.4, -0.2) is 12.1 Å². The van der Waals surface area contributed by atoms with Crippen LogP contribution in [0.5, 0.6) is 0 Å². The van der Waals surface area contributed by atoms with E-state index in [1.54, 1.807) is 6.92 Å². The molecule has 20 heavy (non-hydrogen) atoms. The van der Waals surface area contributed by atoms with Gasteiger partial charge >= 0.3 is 5.97 Å². The zero-order valence-electron chi connectivity index (χ0n) is 14.0. The molecule has 0 N–H and O–H groups in total. The number of hydrogen-bond acceptors (Lipinski definition) is 2. The van der Waals surface area contributed by atoms with E-state index in [-0.39, 0.29) is 12.1 Å². The van der Waals surface area contributed by atoms with Gasteiger partial charge in [0, 0.05) is 5.57 Å². The molecular weight excluding hydrogens is 248 g/mol. The van der Waals surface area contributed by atoms with Crippen molar-refractivity contribution in [3.63, 3.8) is 0 Å². The first-order chi connectivity index (χ1) is 9.51. The summed E-state index contributed by atoms with van der Waals surface area (Å²) in [4.78, 5) is 11.4.